The summed E-state index contributed by atoms with van der Waals surface area (Å²) in [5.41, 5.74) is 7.04. The number of carbonyl (C=O) groups excluding carboxylic acids is 4. The van der Waals surface area contributed by atoms with Gasteiger partial charge in [-0.2, -0.15) is 13.2 Å². The molecule has 0 spiro atoms. The number of ether oxygens (including phenoxy) is 2. The van der Waals surface area contributed by atoms with Crippen LogP contribution in [0.4, 0.5) is 18.0 Å². The number of benzene rings is 2. The van der Waals surface area contributed by atoms with Gasteiger partial charge in [-0.1, -0.05) is 60.7 Å². The molecule has 11 nitrogen and oxygen atoms in total. The summed E-state index contributed by atoms with van der Waals surface area (Å²) in [7, 11) is 0. The SMILES string of the molecule is C[C@H](NC(=O)[C@H](CCc1ccccc1)NC(=O)OCc1ccccc1)C(=O)[C@@H](C(=O)COCC(F)(F)F)C(N)C(=O)O. The number of carboxylic acid groups (broad SMARTS) is 1. The molecule has 0 aliphatic rings. The zero-order valence-corrected chi connectivity index (χ0v) is 22.6. The van der Waals surface area contributed by atoms with Gasteiger partial charge in [0.05, 0.1) is 6.04 Å². The number of nitrogens with two attached hydrogens (primary N) is 1. The van der Waals surface area contributed by atoms with E-state index in [0.29, 0.717) is 12.0 Å². The number of nitrogens with one attached hydrogen (secondary N) is 2. The number of amides is 2. The first-order valence-electron chi connectivity index (χ1n) is 12.8. The Morgan fingerprint density at radius 1 is 0.929 bits per heavy atom. The molecule has 0 aliphatic heterocycles. The van der Waals surface area contributed by atoms with Gasteiger partial charge in [-0.25, -0.2) is 4.79 Å². The van der Waals surface area contributed by atoms with Crippen molar-refractivity contribution in [2.45, 2.75) is 50.7 Å². The molecule has 0 saturated heterocycles. The van der Waals surface area contributed by atoms with Crippen LogP contribution in [0, 0.1) is 5.92 Å². The Labute approximate surface area is 239 Å². The predicted octanol–water partition coefficient (Wildman–Crippen LogP) is 2.16. The molecule has 4 atom stereocenters. The molecule has 42 heavy (non-hydrogen) atoms. The second-order valence-corrected chi connectivity index (χ2v) is 9.33. The van der Waals surface area contributed by atoms with Crippen molar-refractivity contribution in [3.63, 3.8) is 0 Å². The third-order valence-corrected chi connectivity index (χ3v) is 5.98. The molecular weight excluding hydrogens is 563 g/mol. The zero-order chi connectivity index (χ0) is 31.3. The Balaban J connectivity index is 2.12. The molecule has 0 radical (unpaired) electrons. The van der Waals surface area contributed by atoms with Crippen LogP contribution in [0.15, 0.2) is 60.7 Å². The normalized spacial score (nSPS) is 14.1. The molecule has 1 unspecified atom stereocenters. The summed E-state index contributed by atoms with van der Waals surface area (Å²) in [5.74, 6) is -7.19. The smallest absolute Gasteiger partial charge is 0.411 e. The Morgan fingerprint density at radius 2 is 1.50 bits per heavy atom. The van der Waals surface area contributed by atoms with Crippen molar-refractivity contribution in [3.05, 3.63) is 71.8 Å². The van der Waals surface area contributed by atoms with Crippen LogP contribution >= 0.6 is 0 Å². The van der Waals surface area contributed by atoms with E-state index >= 15 is 0 Å². The number of carbonyl (C=O) groups is 5. The lowest BCUT2D eigenvalue weighted by atomic mass is 9.88. The molecule has 0 saturated carbocycles. The van der Waals surface area contributed by atoms with Gasteiger partial charge in [0, 0.05) is 0 Å². The minimum absolute atomic E-state index is 0.0689. The van der Waals surface area contributed by atoms with Crippen molar-refractivity contribution in [2.24, 2.45) is 11.7 Å². The van der Waals surface area contributed by atoms with Gasteiger partial charge in [0.15, 0.2) is 11.6 Å². The minimum atomic E-state index is -4.76. The fraction of sp³-hybridized carbons (Fsp3) is 0.393. The van der Waals surface area contributed by atoms with Crippen molar-refractivity contribution in [1.29, 1.82) is 0 Å². The number of halogens is 3. The molecule has 2 amide bonds. The highest BCUT2D eigenvalue weighted by molar-refractivity contribution is 6.09. The first-order chi connectivity index (χ1) is 19.8. The standard InChI is InChI=1S/C28H32F3N3O8/c1-17(24(36)22(23(32)26(38)39)21(35)15-41-16-28(29,30)31)33-25(37)20(13-12-18-8-4-2-5-9-18)34-27(40)42-14-19-10-6-3-7-11-19/h2-11,17,20,22-23H,12-16,32H2,1H3,(H,33,37)(H,34,40)(H,38,39)/t17-,20-,22-,23?/m0/s1. The lowest BCUT2D eigenvalue weighted by Gasteiger charge is -2.25. The van der Waals surface area contributed by atoms with Crippen molar-refractivity contribution >= 4 is 29.5 Å². The summed E-state index contributed by atoms with van der Waals surface area (Å²) < 4.78 is 46.6. The Hall–Kier alpha value is -4.30. The number of Topliss-reactive ketones (excluding diaryl/α,β-unsaturated/α-hetero) is 2. The summed E-state index contributed by atoms with van der Waals surface area (Å²) in [6, 6.07) is 12.9. The largest absolute Gasteiger partial charge is 0.480 e. The van der Waals surface area contributed by atoms with Gasteiger partial charge in [0.1, 0.15) is 37.8 Å². The van der Waals surface area contributed by atoms with E-state index in [1.165, 1.54) is 0 Å². The zero-order valence-electron chi connectivity index (χ0n) is 22.6. The fourth-order valence-corrected chi connectivity index (χ4v) is 3.82. The maximum Gasteiger partial charge on any atom is 0.411 e. The van der Waals surface area contributed by atoms with E-state index in [1.54, 1.807) is 60.7 Å². The van der Waals surface area contributed by atoms with Crippen LogP contribution in [0.25, 0.3) is 0 Å². The molecular formula is C28H32F3N3O8. The van der Waals surface area contributed by atoms with Gasteiger partial charge in [0.25, 0.3) is 0 Å². The molecule has 228 valence electrons. The van der Waals surface area contributed by atoms with Gasteiger partial charge in [-0.3, -0.25) is 19.2 Å². The highest BCUT2D eigenvalue weighted by Gasteiger charge is 2.40. The third-order valence-electron chi connectivity index (χ3n) is 5.98. The van der Waals surface area contributed by atoms with E-state index in [4.69, 9.17) is 10.5 Å². The van der Waals surface area contributed by atoms with E-state index in [9.17, 15) is 42.3 Å². The van der Waals surface area contributed by atoms with Crippen LogP contribution in [0.3, 0.4) is 0 Å². The average Bonchev–Trinajstić information content (AvgIpc) is 2.94. The quantitative estimate of drug-likeness (QED) is 0.212. The first kappa shape index (κ1) is 33.9. The van der Waals surface area contributed by atoms with E-state index in [2.05, 4.69) is 15.4 Å². The lowest BCUT2D eigenvalue weighted by Crippen LogP contribution is -2.55. The molecule has 2 aromatic rings. The summed E-state index contributed by atoms with van der Waals surface area (Å²) in [5, 5.41) is 14.0. The molecule has 0 fully saturated rings. The number of ketones is 2. The van der Waals surface area contributed by atoms with Crippen molar-refractivity contribution in [2.75, 3.05) is 13.2 Å². The molecule has 2 rings (SSSR count). The number of alkyl carbamates (subject to hydrolysis) is 1. The van der Waals surface area contributed by atoms with Gasteiger partial charge in [-0.05, 0) is 30.9 Å². The number of aliphatic carboxylic acids is 1. The van der Waals surface area contributed by atoms with E-state index in [1.807, 2.05) is 0 Å². The first-order valence-corrected chi connectivity index (χ1v) is 12.8. The van der Waals surface area contributed by atoms with Crippen molar-refractivity contribution in [1.82, 2.24) is 10.6 Å². The number of rotatable bonds is 16. The van der Waals surface area contributed by atoms with E-state index in [0.717, 1.165) is 12.5 Å². The van der Waals surface area contributed by atoms with Gasteiger partial charge in [0.2, 0.25) is 5.91 Å². The molecule has 0 aromatic heterocycles. The number of hydrogen-bond donors (Lipinski definition) is 4. The number of hydrogen-bond acceptors (Lipinski definition) is 8. The van der Waals surface area contributed by atoms with Crippen molar-refractivity contribution in [3.8, 4) is 0 Å². The molecule has 0 bridgehead atoms. The lowest BCUT2D eigenvalue weighted by molar-refractivity contribution is -0.176. The summed E-state index contributed by atoms with van der Waals surface area (Å²) >= 11 is 0. The summed E-state index contributed by atoms with van der Waals surface area (Å²) in [4.78, 5) is 62.6. The fourth-order valence-electron chi connectivity index (χ4n) is 3.82. The molecule has 14 heteroatoms. The highest BCUT2D eigenvalue weighted by Crippen LogP contribution is 2.16. The number of aryl methyl sites for hydroxylation is 1. The van der Waals surface area contributed by atoms with E-state index in [-0.39, 0.29) is 13.0 Å². The van der Waals surface area contributed by atoms with Gasteiger partial charge < -0.3 is 30.9 Å². The average molecular weight is 596 g/mol. The summed E-state index contributed by atoms with van der Waals surface area (Å²) in [6.07, 6.45) is -5.28. The topological polar surface area (TPSA) is 174 Å². The van der Waals surface area contributed by atoms with E-state index < -0.39 is 73.0 Å². The van der Waals surface area contributed by atoms with Crippen LogP contribution in [-0.2, 0) is 41.7 Å². The molecule has 0 heterocycles. The molecule has 0 aliphatic carbocycles. The van der Waals surface area contributed by atoms with Crippen LogP contribution < -0.4 is 16.4 Å². The second kappa shape index (κ2) is 16.2. The van der Waals surface area contributed by atoms with Gasteiger partial charge >= 0.3 is 18.2 Å². The number of carboxylic acids is 1. The Bertz CT molecular complexity index is 1210. The predicted molar refractivity (Wildman–Crippen MR) is 142 cm³/mol. The third kappa shape index (κ3) is 11.7. The maximum absolute atomic E-state index is 13.2. The highest BCUT2D eigenvalue weighted by atomic mass is 19.4. The van der Waals surface area contributed by atoms with Crippen LogP contribution in [-0.4, -0.2) is 72.2 Å². The monoisotopic (exact) mass is 595 g/mol. The van der Waals surface area contributed by atoms with Crippen LogP contribution in [0.1, 0.15) is 24.5 Å². The summed E-state index contributed by atoms with van der Waals surface area (Å²) in [6.45, 7) is -1.97. The number of alkyl halides is 3. The van der Waals surface area contributed by atoms with Crippen LogP contribution in [0.2, 0.25) is 0 Å². The molecule has 2 aromatic carbocycles. The molecule has 5 N–H and O–H groups in total. The van der Waals surface area contributed by atoms with Crippen LogP contribution in [0.5, 0.6) is 0 Å². The maximum atomic E-state index is 13.2. The second-order valence-electron chi connectivity index (χ2n) is 9.33. The Morgan fingerprint density at radius 3 is 2.05 bits per heavy atom. The Kier molecular flexibility index (Phi) is 13.1. The minimum Gasteiger partial charge on any atom is -0.480 e. The van der Waals surface area contributed by atoms with Gasteiger partial charge in [-0.15, -0.1) is 0 Å². The van der Waals surface area contributed by atoms with Crippen molar-refractivity contribution < 1.29 is 51.7 Å².